The molecular formula is C25H17ClN2O3S. The van der Waals surface area contributed by atoms with Gasteiger partial charge in [-0.25, -0.2) is 9.78 Å². The molecule has 0 bridgehead atoms. The van der Waals surface area contributed by atoms with Crippen LogP contribution in [0.5, 0.6) is 0 Å². The molecule has 0 saturated heterocycles. The molecule has 0 amide bonds. The van der Waals surface area contributed by atoms with Crippen LogP contribution in [0.15, 0.2) is 92.0 Å². The van der Waals surface area contributed by atoms with E-state index in [0.717, 1.165) is 16.5 Å². The minimum absolute atomic E-state index is 0.195. The van der Waals surface area contributed by atoms with Crippen LogP contribution >= 0.6 is 23.4 Å². The molecule has 0 spiro atoms. The molecule has 2 aromatic heterocycles. The van der Waals surface area contributed by atoms with Crippen LogP contribution in [0.4, 0.5) is 0 Å². The van der Waals surface area contributed by atoms with Crippen LogP contribution in [0.25, 0.3) is 27.6 Å². The van der Waals surface area contributed by atoms with E-state index in [2.05, 4.69) is 0 Å². The van der Waals surface area contributed by atoms with E-state index in [9.17, 15) is 9.59 Å². The minimum Gasteiger partial charge on any atom is -0.423 e. The molecule has 0 aliphatic rings. The first-order chi connectivity index (χ1) is 15.5. The second-order valence-corrected chi connectivity index (χ2v) is 8.73. The lowest BCUT2D eigenvalue weighted by molar-refractivity contribution is 0.559. The van der Waals surface area contributed by atoms with Crippen LogP contribution < -0.4 is 11.2 Å². The number of nitrogens with zero attached hydrogens (tertiary/aromatic N) is 2. The fourth-order valence-electron chi connectivity index (χ4n) is 3.65. The fourth-order valence-corrected chi connectivity index (χ4v) is 4.87. The average molecular weight is 461 g/mol. The van der Waals surface area contributed by atoms with Crippen molar-refractivity contribution in [1.82, 2.24) is 9.55 Å². The Morgan fingerprint density at radius 3 is 2.59 bits per heavy atom. The standard InChI is InChI=1S/C25H17ClN2O3S/c1-15-10-11-17-16(13-23(29)31-22(17)12-15)14-32-25-27-20-8-4-2-6-18(20)24(30)28(25)21-9-5-3-7-19(21)26/h2-13H,14H2,1H3. The molecule has 2 heterocycles. The van der Waals surface area contributed by atoms with E-state index >= 15 is 0 Å². The molecule has 7 heteroatoms. The Labute approximate surface area is 192 Å². The largest absolute Gasteiger partial charge is 0.423 e. The van der Waals surface area contributed by atoms with Gasteiger partial charge in [0.1, 0.15) is 5.58 Å². The topological polar surface area (TPSA) is 65.1 Å². The summed E-state index contributed by atoms with van der Waals surface area (Å²) in [7, 11) is 0. The first kappa shape index (κ1) is 20.5. The van der Waals surface area contributed by atoms with Crippen molar-refractivity contribution < 1.29 is 4.42 Å². The van der Waals surface area contributed by atoms with Crippen molar-refractivity contribution in [2.45, 2.75) is 17.8 Å². The zero-order chi connectivity index (χ0) is 22.2. The maximum Gasteiger partial charge on any atom is 0.336 e. The maximum atomic E-state index is 13.4. The van der Waals surface area contributed by atoms with Crippen molar-refractivity contribution in [3.05, 3.63) is 110 Å². The van der Waals surface area contributed by atoms with Gasteiger partial charge in [-0.1, -0.05) is 59.8 Å². The molecule has 0 atom stereocenters. The summed E-state index contributed by atoms with van der Waals surface area (Å²) < 4.78 is 6.90. The summed E-state index contributed by atoms with van der Waals surface area (Å²) in [6.45, 7) is 1.95. The number of aromatic nitrogens is 2. The molecular weight excluding hydrogens is 444 g/mol. The minimum atomic E-state index is -0.409. The Hall–Kier alpha value is -3.35. The van der Waals surface area contributed by atoms with Crippen LogP contribution in [0.3, 0.4) is 0 Å². The predicted molar refractivity (Wildman–Crippen MR) is 129 cm³/mol. The van der Waals surface area contributed by atoms with Gasteiger partial charge < -0.3 is 4.42 Å². The van der Waals surface area contributed by atoms with Crippen LogP contribution in [0, 0.1) is 6.92 Å². The number of thioether (sulfide) groups is 1. The molecule has 0 saturated carbocycles. The van der Waals surface area contributed by atoms with Gasteiger partial charge in [-0.3, -0.25) is 9.36 Å². The van der Waals surface area contributed by atoms with E-state index in [4.69, 9.17) is 21.0 Å². The number of fused-ring (bicyclic) bond motifs is 2. The van der Waals surface area contributed by atoms with E-state index in [1.807, 2.05) is 55.5 Å². The Morgan fingerprint density at radius 2 is 1.75 bits per heavy atom. The van der Waals surface area contributed by atoms with Crippen molar-refractivity contribution >= 4 is 45.2 Å². The van der Waals surface area contributed by atoms with E-state index in [1.54, 1.807) is 18.2 Å². The summed E-state index contributed by atoms with van der Waals surface area (Å²) in [5.74, 6) is 0.431. The SMILES string of the molecule is Cc1ccc2c(CSc3nc4ccccc4c(=O)n3-c3ccccc3Cl)cc(=O)oc2c1. The molecule has 0 radical (unpaired) electrons. The van der Waals surface area contributed by atoms with Gasteiger partial charge in [0.25, 0.3) is 5.56 Å². The summed E-state index contributed by atoms with van der Waals surface area (Å²) in [6.07, 6.45) is 0. The fraction of sp³-hybridized carbons (Fsp3) is 0.0800. The van der Waals surface area contributed by atoms with E-state index in [0.29, 0.717) is 38.1 Å². The van der Waals surface area contributed by atoms with Gasteiger partial charge in [-0.05, 0) is 48.4 Å². The van der Waals surface area contributed by atoms with E-state index in [-0.39, 0.29) is 5.56 Å². The van der Waals surface area contributed by atoms with E-state index < -0.39 is 5.63 Å². The zero-order valence-corrected chi connectivity index (χ0v) is 18.6. The van der Waals surface area contributed by atoms with Gasteiger partial charge >= 0.3 is 5.63 Å². The molecule has 0 fully saturated rings. The monoisotopic (exact) mass is 460 g/mol. The number of rotatable bonds is 4. The number of benzene rings is 3. The molecule has 0 unspecified atom stereocenters. The van der Waals surface area contributed by atoms with Crippen molar-refractivity contribution in [1.29, 1.82) is 0 Å². The second-order valence-electron chi connectivity index (χ2n) is 7.38. The van der Waals surface area contributed by atoms with Crippen molar-refractivity contribution in [2.24, 2.45) is 0 Å². The number of hydrogen-bond donors (Lipinski definition) is 0. The maximum absolute atomic E-state index is 13.4. The third-order valence-electron chi connectivity index (χ3n) is 5.18. The Bertz CT molecular complexity index is 1610. The number of hydrogen-bond acceptors (Lipinski definition) is 5. The predicted octanol–water partition coefficient (Wildman–Crippen LogP) is 5.75. The molecule has 5 nitrogen and oxygen atoms in total. The molecule has 5 aromatic rings. The van der Waals surface area contributed by atoms with Crippen LogP contribution in [-0.4, -0.2) is 9.55 Å². The Balaban J connectivity index is 1.66. The second kappa shape index (κ2) is 8.30. The van der Waals surface area contributed by atoms with Crippen molar-refractivity contribution in [3.8, 4) is 5.69 Å². The van der Waals surface area contributed by atoms with Crippen molar-refractivity contribution in [2.75, 3.05) is 0 Å². The molecule has 0 aliphatic carbocycles. The first-order valence-electron chi connectivity index (χ1n) is 9.94. The molecule has 0 aliphatic heterocycles. The highest BCUT2D eigenvalue weighted by atomic mass is 35.5. The van der Waals surface area contributed by atoms with Crippen molar-refractivity contribution in [3.63, 3.8) is 0 Å². The molecule has 3 aromatic carbocycles. The first-order valence-corrected chi connectivity index (χ1v) is 11.3. The van der Waals surface area contributed by atoms with Gasteiger partial charge in [-0.2, -0.15) is 0 Å². The van der Waals surface area contributed by atoms with E-state index in [1.165, 1.54) is 22.4 Å². The number of para-hydroxylation sites is 2. The zero-order valence-electron chi connectivity index (χ0n) is 17.0. The highest BCUT2D eigenvalue weighted by molar-refractivity contribution is 7.98. The summed E-state index contributed by atoms with van der Waals surface area (Å²) in [4.78, 5) is 30.3. The summed E-state index contributed by atoms with van der Waals surface area (Å²) in [6, 6.07) is 21.7. The summed E-state index contributed by atoms with van der Waals surface area (Å²) >= 11 is 7.81. The summed E-state index contributed by atoms with van der Waals surface area (Å²) in [5, 5.41) is 2.32. The van der Waals surface area contributed by atoms with Crippen LogP contribution in [0.2, 0.25) is 5.02 Å². The lowest BCUT2D eigenvalue weighted by atomic mass is 10.1. The van der Waals surface area contributed by atoms with Crippen LogP contribution in [0.1, 0.15) is 11.1 Å². The Morgan fingerprint density at radius 1 is 0.969 bits per heavy atom. The molecule has 0 N–H and O–H groups in total. The van der Waals surface area contributed by atoms with Crippen LogP contribution in [-0.2, 0) is 5.75 Å². The lowest BCUT2D eigenvalue weighted by Crippen LogP contribution is -2.22. The smallest absolute Gasteiger partial charge is 0.336 e. The van der Waals surface area contributed by atoms with Gasteiger partial charge in [0.05, 0.1) is 21.6 Å². The van der Waals surface area contributed by atoms with Gasteiger partial charge in [0, 0.05) is 17.2 Å². The van der Waals surface area contributed by atoms with Gasteiger partial charge in [0.2, 0.25) is 0 Å². The van der Waals surface area contributed by atoms with Gasteiger partial charge in [0.15, 0.2) is 5.16 Å². The average Bonchev–Trinajstić information content (AvgIpc) is 2.78. The Kier molecular flexibility index (Phi) is 5.33. The number of halogens is 1. The quantitative estimate of drug-likeness (QED) is 0.194. The number of aryl methyl sites for hydroxylation is 1. The molecule has 158 valence electrons. The third-order valence-corrected chi connectivity index (χ3v) is 6.49. The molecule has 32 heavy (non-hydrogen) atoms. The lowest BCUT2D eigenvalue weighted by Gasteiger charge is -2.14. The molecule has 5 rings (SSSR count). The normalized spacial score (nSPS) is 11.3. The highest BCUT2D eigenvalue weighted by Gasteiger charge is 2.16. The van der Waals surface area contributed by atoms with Gasteiger partial charge in [-0.15, -0.1) is 0 Å². The highest BCUT2D eigenvalue weighted by Crippen LogP contribution is 2.29. The summed E-state index contributed by atoms with van der Waals surface area (Å²) in [5.41, 5.74) is 2.93. The third kappa shape index (κ3) is 3.72.